The van der Waals surface area contributed by atoms with Crippen LogP contribution in [-0.4, -0.2) is 39.0 Å². The van der Waals surface area contributed by atoms with Gasteiger partial charge in [0.2, 0.25) is 11.7 Å². The third kappa shape index (κ3) is 3.45. The zero-order valence-corrected chi connectivity index (χ0v) is 16.7. The van der Waals surface area contributed by atoms with Gasteiger partial charge in [-0.3, -0.25) is 4.79 Å². The predicted octanol–water partition coefficient (Wildman–Crippen LogP) is 4.50. The van der Waals surface area contributed by atoms with E-state index in [0.717, 1.165) is 47.3 Å². The van der Waals surface area contributed by atoms with E-state index in [1.807, 2.05) is 45.4 Å². The van der Waals surface area contributed by atoms with Gasteiger partial charge in [0, 0.05) is 36.0 Å². The Morgan fingerprint density at radius 3 is 3.18 bits per heavy atom. The minimum absolute atomic E-state index is 0.0875. The Balaban J connectivity index is 1.27. The number of hydrogen-bond acceptors (Lipinski definition) is 7. The third-order valence-corrected chi connectivity index (χ3v) is 6.57. The second kappa shape index (κ2) is 7.44. The Labute approximate surface area is 169 Å². The molecule has 3 aromatic heterocycles. The summed E-state index contributed by atoms with van der Waals surface area (Å²) in [5, 5.41) is 8.09. The molecule has 0 bridgehead atoms. The van der Waals surface area contributed by atoms with E-state index >= 15 is 0 Å². The van der Waals surface area contributed by atoms with Crippen LogP contribution in [0.25, 0.3) is 21.6 Å². The van der Waals surface area contributed by atoms with Crippen molar-refractivity contribution in [1.29, 1.82) is 0 Å². The van der Waals surface area contributed by atoms with Gasteiger partial charge in [-0.2, -0.15) is 16.3 Å². The van der Waals surface area contributed by atoms with Crippen molar-refractivity contribution < 1.29 is 9.32 Å². The molecular formula is C20H18N4O2S2. The summed E-state index contributed by atoms with van der Waals surface area (Å²) in [5.41, 5.74) is 4.47. The fraction of sp³-hybridized carbons (Fsp3) is 0.300. The molecule has 0 spiro atoms. The first-order valence-electron chi connectivity index (χ1n) is 9.24. The maximum atomic E-state index is 13.0. The number of rotatable bonds is 4. The van der Waals surface area contributed by atoms with E-state index in [2.05, 4.69) is 15.1 Å². The van der Waals surface area contributed by atoms with Crippen LogP contribution in [0.15, 0.2) is 45.1 Å². The highest BCUT2D eigenvalue weighted by Crippen LogP contribution is 2.25. The molecule has 1 fully saturated rings. The Morgan fingerprint density at radius 1 is 1.32 bits per heavy atom. The number of likely N-dealkylation sites (tertiary alicyclic amines) is 1. The van der Waals surface area contributed by atoms with Crippen molar-refractivity contribution in [3.63, 3.8) is 0 Å². The van der Waals surface area contributed by atoms with Gasteiger partial charge in [0.05, 0.1) is 15.7 Å². The number of hydrogen-bond donors (Lipinski definition) is 0. The van der Waals surface area contributed by atoms with Gasteiger partial charge >= 0.3 is 0 Å². The number of thiazole rings is 1. The van der Waals surface area contributed by atoms with Gasteiger partial charge in [-0.1, -0.05) is 5.16 Å². The molecule has 5 rings (SSSR count). The molecule has 0 saturated carbocycles. The summed E-state index contributed by atoms with van der Waals surface area (Å²) < 4.78 is 6.49. The first-order valence-corrected chi connectivity index (χ1v) is 11.1. The number of amides is 1. The fourth-order valence-electron chi connectivity index (χ4n) is 3.68. The standard InChI is InChI=1S/C20H18N4O2S2/c25-20(14-3-4-16-17(9-14)28-12-21-16)24-6-1-2-13(10-24)8-18-22-19(23-26-18)15-5-7-27-11-15/h3-5,7,9,11-13H,1-2,6,8,10H2. The van der Waals surface area contributed by atoms with E-state index < -0.39 is 0 Å². The van der Waals surface area contributed by atoms with Crippen molar-refractivity contribution in [2.45, 2.75) is 19.3 Å². The molecule has 4 aromatic rings. The summed E-state index contributed by atoms with van der Waals surface area (Å²) in [7, 11) is 0. The van der Waals surface area contributed by atoms with E-state index in [1.54, 1.807) is 22.7 Å². The smallest absolute Gasteiger partial charge is 0.253 e. The minimum Gasteiger partial charge on any atom is -0.339 e. The van der Waals surface area contributed by atoms with E-state index in [4.69, 9.17) is 4.52 Å². The molecule has 1 aromatic carbocycles. The molecule has 8 heteroatoms. The van der Waals surface area contributed by atoms with Crippen LogP contribution in [0.5, 0.6) is 0 Å². The number of carbonyl (C=O) groups is 1. The zero-order valence-electron chi connectivity index (χ0n) is 15.1. The number of thiophene rings is 1. The van der Waals surface area contributed by atoms with Crippen molar-refractivity contribution in [3.05, 3.63) is 52.0 Å². The Morgan fingerprint density at radius 2 is 2.29 bits per heavy atom. The summed E-state index contributed by atoms with van der Waals surface area (Å²) in [4.78, 5) is 23.7. The average Bonchev–Trinajstić information content (AvgIpc) is 3.47. The predicted molar refractivity (Wildman–Crippen MR) is 110 cm³/mol. The number of nitrogens with zero attached hydrogens (tertiary/aromatic N) is 4. The van der Waals surface area contributed by atoms with Crippen molar-refractivity contribution >= 4 is 38.8 Å². The van der Waals surface area contributed by atoms with Gasteiger partial charge in [0.1, 0.15) is 0 Å². The van der Waals surface area contributed by atoms with Crippen LogP contribution in [0.2, 0.25) is 0 Å². The molecule has 6 nitrogen and oxygen atoms in total. The summed E-state index contributed by atoms with van der Waals surface area (Å²) in [6.07, 6.45) is 2.76. The molecule has 1 saturated heterocycles. The maximum Gasteiger partial charge on any atom is 0.253 e. The average molecular weight is 411 g/mol. The topological polar surface area (TPSA) is 72.1 Å². The van der Waals surface area contributed by atoms with E-state index in [1.165, 1.54) is 0 Å². The molecule has 1 aliphatic heterocycles. The second-order valence-corrected chi connectivity index (χ2v) is 8.69. The molecule has 0 aliphatic carbocycles. The number of benzene rings is 1. The molecule has 142 valence electrons. The molecule has 28 heavy (non-hydrogen) atoms. The number of carbonyl (C=O) groups excluding carboxylic acids is 1. The Bertz CT molecular complexity index is 1100. The van der Waals surface area contributed by atoms with E-state index in [9.17, 15) is 4.79 Å². The fourth-order valence-corrected chi connectivity index (χ4v) is 5.03. The van der Waals surface area contributed by atoms with Crippen LogP contribution in [0.4, 0.5) is 0 Å². The third-order valence-electron chi connectivity index (χ3n) is 5.10. The molecule has 1 amide bonds. The molecular weight excluding hydrogens is 392 g/mol. The summed E-state index contributed by atoms with van der Waals surface area (Å²) >= 11 is 3.17. The maximum absolute atomic E-state index is 13.0. The highest BCUT2D eigenvalue weighted by Gasteiger charge is 2.26. The van der Waals surface area contributed by atoms with E-state index in [0.29, 0.717) is 24.1 Å². The quantitative estimate of drug-likeness (QED) is 0.495. The monoisotopic (exact) mass is 410 g/mol. The van der Waals surface area contributed by atoms with Gasteiger partial charge in [0.25, 0.3) is 5.91 Å². The van der Waals surface area contributed by atoms with Crippen LogP contribution in [-0.2, 0) is 6.42 Å². The lowest BCUT2D eigenvalue weighted by Gasteiger charge is -2.32. The molecule has 1 atom stereocenters. The summed E-state index contributed by atoms with van der Waals surface area (Å²) in [6, 6.07) is 7.73. The lowest BCUT2D eigenvalue weighted by atomic mass is 9.94. The van der Waals surface area contributed by atoms with Gasteiger partial charge < -0.3 is 9.42 Å². The van der Waals surface area contributed by atoms with Crippen LogP contribution < -0.4 is 0 Å². The van der Waals surface area contributed by atoms with Gasteiger partial charge in [-0.25, -0.2) is 4.98 Å². The lowest BCUT2D eigenvalue weighted by Crippen LogP contribution is -2.40. The summed E-state index contributed by atoms with van der Waals surface area (Å²) in [6.45, 7) is 1.51. The molecule has 0 N–H and O–H groups in total. The SMILES string of the molecule is O=C(c1ccc2ncsc2c1)N1CCCC(Cc2nc(-c3ccsc3)no2)C1. The second-order valence-electron chi connectivity index (χ2n) is 7.02. The zero-order chi connectivity index (χ0) is 18.9. The van der Waals surface area contributed by atoms with Crippen LogP contribution in [0.1, 0.15) is 29.1 Å². The minimum atomic E-state index is 0.0875. The number of fused-ring (bicyclic) bond motifs is 1. The van der Waals surface area contributed by atoms with Gasteiger partial charge in [0.15, 0.2) is 0 Å². The number of aromatic nitrogens is 3. The molecule has 1 unspecified atom stereocenters. The highest BCUT2D eigenvalue weighted by molar-refractivity contribution is 7.16. The van der Waals surface area contributed by atoms with Gasteiger partial charge in [-0.15, -0.1) is 11.3 Å². The first kappa shape index (κ1) is 17.5. The van der Waals surface area contributed by atoms with Gasteiger partial charge in [-0.05, 0) is 48.4 Å². The Kier molecular flexibility index (Phi) is 4.66. The molecule has 0 radical (unpaired) electrons. The molecule has 4 heterocycles. The van der Waals surface area contributed by atoms with Crippen molar-refractivity contribution in [2.75, 3.05) is 13.1 Å². The number of piperidine rings is 1. The van der Waals surface area contributed by atoms with Crippen molar-refractivity contribution in [3.8, 4) is 11.4 Å². The van der Waals surface area contributed by atoms with Crippen LogP contribution in [0, 0.1) is 5.92 Å². The largest absolute Gasteiger partial charge is 0.339 e. The summed E-state index contributed by atoms with van der Waals surface area (Å²) in [5.74, 6) is 1.70. The normalized spacial score (nSPS) is 17.3. The van der Waals surface area contributed by atoms with Crippen molar-refractivity contribution in [2.24, 2.45) is 5.92 Å². The first-order chi connectivity index (χ1) is 13.8. The highest BCUT2D eigenvalue weighted by atomic mass is 32.1. The van der Waals surface area contributed by atoms with E-state index in [-0.39, 0.29) is 5.91 Å². The lowest BCUT2D eigenvalue weighted by molar-refractivity contribution is 0.0668. The van der Waals surface area contributed by atoms with Crippen molar-refractivity contribution in [1.82, 2.24) is 20.0 Å². The van der Waals surface area contributed by atoms with Crippen LogP contribution in [0.3, 0.4) is 0 Å². The molecule has 1 aliphatic rings. The van der Waals surface area contributed by atoms with Crippen LogP contribution >= 0.6 is 22.7 Å². The Hall–Kier alpha value is -2.58.